The SMILES string of the molecule is CC(C)CC(NC(=O)C(CC(=O)[C@H](CC(C)C)NC(=O)[C@H](CCc1ccccc1)CC(=O)CCCN1CCN(C)CC1)Cc1ccccc1)C(=O)C1(C)CC1. The molecule has 9 nitrogen and oxygen atoms in total. The summed E-state index contributed by atoms with van der Waals surface area (Å²) in [6.07, 6.45) is 5.33. The molecule has 2 amide bonds. The van der Waals surface area contributed by atoms with E-state index in [4.69, 9.17) is 0 Å². The van der Waals surface area contributed by atoms with Crippen LogP contribution in [0.3, 0.4) is 0 Å². The standard InChI is InChI=1S/C46H68N4O5/c1-33(2)28-40(42(52)32-38(30-36-16-11-8-12-17-36)45(55)48-41(29-34(3)4)43(53)46(5)21-22-46)47-44(54)37(20-19-35-14-9-7-10-15-35)31-39(51)18-13-23-50-26-24-49(6)25-27-50/h7-12,14-17,33-34,37-38,40-41H,13,18-32H2,1-6H3,(H,47,54)(H,48,55)/t37-,38?,40+,41?/m1/s1. The minimum Gasteiger partial charge on any atom is -0.346 e. The maximum atomic E-state index is 14.3. The Hall–Kier alpha value is -3.69. The fourth-order valence-corrected chi connectivity index (χ4v) is 7.68. The van der Waals surface area contributed by atoms with Gasteiger partial charge in [-0.2, -0.15) is 0 Å². The third-order valence-corrected chi connectivity index (χ3v) is 11.5. The molecule has 2 unspecified atom stereocenters. The lowest BCUT2D eigenvalue weighted by molar-refractivity contribution is -0.135. The molecular formula is C46H68N4O5. The molecule has 0 radical (unpaired) electrons. The number of piperazine rings is 1. The van der Waals surface area contributed by atoms with Gasteiger partial charge in [0.25, 0.3) is 0 Å². The van der Waals surface area contributed by atoms with Crippen LogP contribution >= 0.6 is 0 Å². The fourth-order valence-electron chi connectivity index (χ4n) is 7.68. The van der Waals surface area contributed by atoms with E-state index in [1.54, 1.807) is 0 Å². The molecule has 9 heteroatoms. The largest absolute Gasteiger partial charge is 0.346 e. The van der Waals surface area contributed by atoms with E-state index in [2.05, 4.69) is 27.5 Å². The van der Waals surface area contributed by atoms with Gasteiger partial charge in [0.1, 0.15) is 5.78 Å². The Balaban J connectivity index is 1.47. The van der Waals surface area contributed by atoms with Gasteiger partial charge in [0.05, 0.1) is 12.1 Å². The van der Waals surface area contributed by atoms with Crippen LogP contribution in [0.5, 0.6) is 0 Å². The molecule has 1 aliphatic carbocycles. The highest BCUT2D eigenvalue weighted by atomic mass is 16.2. The summed E-state index contributed by atoms with van der Waals surface area (Å²) in [5.41, 5.74) is 1.62. The van der Waals surface area contributed by atoms with Crippen LogP contribution in [0.15, 0.2) is 60.7 Å². The van der Waals surface area contributed by atoms with Crippen molar-refractivity contribution < 1.29 is 24.0 Å². The number of rotatable bonds is 24. The van der Waals surface area contributed by atoms with E-state index in [1.807, 2.05) is 95.3 Å². The van der Waals surface area contributed by atoms with Crippen LogP contribution in [0.2, 0.25) is 0 Å². The molecule has 0 bridgehead atoms. The first kappa shape index (κ1) is 44.0. The lowest BCUT2D eigenvalue weighted by atomic mass is 9.87. The molecule has 55 heavy (non-hydrogen) atoms. The number of likely N-dealkylation sites (N-methyl/N-ethyl adjacent to an activating group) is 1. The summed E-state index contributed by atoms with van der Waals surface area (Å²) in [4.78, 5) is 74.1. The summed E-state index contributed by atoms with van der Waals surface area (Å²) >= 11 is 0. The molecule has 2 fully saturated rings. The predicted octanol–water partition coefficient (Wildman–Crippen LogP) is 6.47. The Labute approximate surface area is 330 Å². The Morgan fingerprint density at radius 3 is 1.84 bits per heavy atom. The third kappa shape index (κ3) is 15.1. The highest BCUT2D eigenvalue weighted by Gasteiger charge is 2.48. The van der Waals surface area contributed by atoms with E-state index in [0.29, 0.717) is 38.5 Å². The first-order valence-corrected chi connectivity index (χ1v) is 20.9. The van der Waals surface area contributed by atoms with Crippen LogP contribution in [0, 0.1) is 29.1 Å². The van der Waals surface area contributed by atoms with E-state index in [1.165, 1.54) is 0 Å². The summed E-state index contributed by atoms with van der Waals surface area (Å²) in [7, 11) is 2.13. The van der Waals surface area contributed by atoms with Gasteiger partial charge in [0, 0.05) is 62.7 Å². The number of carbonyl (C=O) groups excluding carboxylic acids is 5. The predicted molar refractivity (Wildman–Crippen MR) is 219 cm³/mol. The van der Waals surface area contributed by atoms with Gasteiger partial charge in [0.2, 0.25) is 11.8 Å². The maximum Gasteiger partial charge on any atom is 0.224 e. The first-order chi connectivity index (χ1) is 26.2. The quantitative estimate of drug-likeness (QED) is 0.126. The number of hydrogen-bond acceptors (Lipinski definition) is 7. The number of nitrogens with zero attached hydrogens (tertiary/aromatic N) is 2. The molecule has 2 aromatic carbocycles. The molecule has 302 valence electrons. The van der Waals surface area contributed by atoms with Gasteiger partial charge >= 0.3 is 0 Å². The molecule has 2 N–H and O–H groups in total. The number of amides is 2. The van der Waals surface area contributed by atoms with Crippen LogP contribution in [-0.4, -0.2) is 90.8 Å². The zero-order chi connectivity index (χ0) is 40.0. The average molecular weight is 757 g/mol. The van der Waals surface area contributed by atoms with E-state index >= 15 is 0 Å². The molecule has 0 aromatic heterocycles. The summed E-state index contributed by atoms with van der Waals surface area (Å²) < 4.78 is 0. The Bertz CT molecular complexity index is 1530. The molecular weight excluding hydrogens is 689 g/mol. The molecule has 2 aromatic rings. The minimum atomic E-state index is -0.802. The van der Waals surface area contributed by atoms with Crippen molar-refractivity contribution in [1.29, 1.82) is 0 Å². The van der Waals surface area contributed by atoms with Crippen molar-refractivity contribution in [2.45, 2.75) is 117 Å². The van der Waals surface area contributed by atoms with Gasteiger partial charge in [-0.15, -0.1) is 0 Å². The lowest BCUT2D eigenvalue weighted by Gasteiger charge is -2.32. The van der Waals surface area contributed by atoms with Crippen molar-refractivity contribution in [2.75, 3.05) is 39.8 Å². The van der Waals surface area contributed by atoms with Gasteiger partial charge in [0.15, 0.2) is 11.6 Å². The van der Waals surface area contributed by atoms with Gasteiger partial charge in [-0.05, 0) is 87.9 Å². The molecule has 4 atom stereocenters. The van der Waals surface area contributed by atoms with Crippen LogP contribution in [0.1, 0.15) is 104 Å². The number of hydrogen-bond donors (Lipinski definition) is 2. The summed E-state index contributed by atoms with van der Waals surface area (Å²) in [5.74, 6) is -1.65. The van der Waals surface area contributed by atoms with Gasteiger partial charge in [-0.3, -0.25) is 24.0 Å². The second kappa shape index (κ2) is 21.6. The lowest BCUT2D eigenvalue weighted by Crippen LogP contribution is -2.49. The van der Waals surface area contributed by atoms with Crippen LogP contribution < -0.4 is 10.6 Å². The highest BCUT2D eigenvalue weighted by Crippen LogP contribution is 2.47. The number of ketones is 3. The summed E-state index contributed by atoms with van der Waals surface area (Å²) in [6, 6.07) is 18.2. The Morgan fingerprint density at radius 1 is 0.709 bits per heavy atom. The number of aryl methyl sites for hydroxylation is 1. The third-order valence-electron chi connectivity index (χ3n) is 11.5. The van der Waals surface area contributed by atoms with Gasteiger partial charge in [-0.25, -0.2) is 0 Å². The summed E-state index contributed by atoms with van der Waals surface area (Å²) in [5, 5.41) is 6.17. The normalized spacial score (nSPS) is 18.0. The molecule has 2 aliphatic rings. The Morgan fingerprint density at radius 2 is 1.25 bits per heavy atom. The first-order valence-electron chi connectivity index (χ1n) is 20.9. The molecule has 1 saturated heterocycles. The highest BCUT2D eigenvalue weighted by molar-refractivity contribution is 5.97. The monoisotopic (exact) mass is 757 g/mol. The summed E-state index contributed by atoms with van der Waals surface area (Å²) in [6.45, 7) is 15.0. The Kier molecular flexibility index (Phi) is 17.3. The maximum absolute atomic E-state index is 14.3. The van der Waals surface area contributed by atoms with Crippen molar-refractivity contribution in [2.24, 2.45) is 29.1 Å². The molecule has 1 saturated carbocycles. The van der Waals surface area contributed by atoms with Crippen molar-refractivity contribution in [3.05, 3.63) is 71.8 Å². The van der Waals surface area contributed by atoms with Crippen molar-refractivity contribution in [3.8, 4) is 0 Å². The van der Waals surface area contributed by atoms with Crippen molar-refractivity contribution >= 4 is 29.2 Å². The zero-order valence-electron chi connectivity index (χ0n) is 34.5. The van der Waals surface area contributed by atoms with E-state index < -0.39 is 29.3 Å². The van der Waals surface area contributed by atoms with Crippen LogP contribution in [0.25, 0.3) is 0 Å². The average Bonchev–Trinajstić information content (AvgIpc) is 3.91. The molecule has 4 rings (SSSR count). The number of Topliss-reactive ketones (excluding diaryl/α,β-unsaturated/α-hetero) is 3. The van der Waals surface area contributed by atoms with Gasteiger partial charge < -0.3 is 20.4 Å². The van der Waals surface area contributed by atoms with Crippen LogP contribution in [0.4, 0.5) is 0 Å². The zero-order valence-corrected chi connectivity index (χ0v) is 34.5. The number of carbonyl (C=O) groups is 5. The van der Waals surface area contributed by atoms with Crippen molar-refractivity contribution in [3.63, 3.8) is 0 Å². The van der Waals surface area contributed by atoms with E-state index in [-0.39, 0.29) is 53.8 Å². The minimum absolute atomic E-state index is 0.0687. The fraction of sp³-hybridized carbons (Fsp3) is 0.630. The van der Waals surface area contributed by atoms with E-state index in [0.717, 1.165) is 63.1 Å². The second-order valence-corrected chi connectivity index (χ2v) is 17.6. The molecule has 0 spiro atoms. The van der Waals surface area contributed by atoms with Crippen molar-refractivity contribution in [1.82, 2.24) is 20.4 Å². The second-order valence-electron chi connectivity index (χ2n) is 17.6. The number of benzene rings is 2. The van der Waals surface area contributed by atoms with E-state index in [9.17, 15) is 24.0 Å². The number of nitrogens with one attached hydrogen (secondary N) is 2. The van der Waals surface area contributed by atoms with Gasteiger partial charge in [-0.1, -0.05) is 95.3 Å². The molecule has 1 aliphatic heterocycles. The topological polar surface area (TPSA) is 116 Å². The molecule has 1 heterocycles. The smallest absolute Gasteiger partial charge is 0.224 e. The van der Waals surface area contributed by atoms with Crippen LogP contribution in [-0.2, 0) is 36.8 Å².